The Morgan fingerprint density at radius 1 is 1.38 bits per heavy atom. The maximum absolute atomic E-state index is 5.94. The van der Waals surface area contributed by atoms with Crippen molar-refractivity contribution in [1.29, 1.82) is 0 Å². The molecule has 0 aliphatic carbocycles. The first-order valence-corrected chi connectivity index (χ1v) is 5.43. The number of nitrogens with one attached hydrogen (secondary N) is 1. The summed E-state index contributed by atoms with van der Waals surface area (Å²) in [6, 6.07) is 1.88. The fourth-order valence-electron chi connectivity index (χ4n) is 1.35. The molecule has 0 amide bonds. The molecule has 0 saturated heterocycles. The van der Waals surface area contributed by atoms with Crippen molar-refractivity contribution in [3.63, 3.8) is 0 Å². The normalized spacial score (nSPS) is 10.8. The molecule has 7 heteroatoms. The average Bonchev–Trinajstić information content (AvgIpc) is 2.72. The van der Waals surface area contributed by atoms with E-state index in [9.17, 15) is 0 Å². The first-order chi connectivity index (χ1) is 7.58. The second-order valence-electron chi connectivity index (χ2n) is 3.41. The highest BCUT2D eigenvalue weighted by atomic mass is 35.5. The Hall–Kier alpha value is -1.20. The van der Waals surface area contributed by atoms with Crippen LogP contribution < -0.4 is 5.32 Å². The summed E-state index contributed by atoms with van der Waals surface area (Å²) in [5.41, 5.74) is 0.831. The van der Waals surface area contributed by atoms with E-state index in [2.05, 4.69) is 15.4 Å². The van der Waals surface area contributed by atoms with Crippen LogP contribution in [0.15, 0.2) is 12.3 Å². The Labute approximate surface area is 103 Å². The van der Waals surface area contributed by atoms with Gasteiger partial charge >= 0.3 is 0 Å². The van der Waals surface area contributed by atoms with Crippen LogP contribution in [0, 0.1) is 0 Å². The minimum atomic E-state index is 0.378. The van der Waals surface area contributed by atoms with Gasteiger partial charge in [0.25, 0.3) is 0 Å². The zero-order valence-electron chi connectivity index (χ0n) is 8.91. The molecule has 5 nitrogen and oxygen atoms in total. The lowest BCUT2D eigenvalue weighted by molar-refractivity contribution is 0.765. The molecule has 0 aliphatic heterocycles. The highest BCUT2D eigenvalue weighted by Crippen LogP contribution is 2.20. The summed E-state index contributed by atoms with van der Waals surface area (Å²) in [6.07, 6.45) is 1.86. The van der Waals surface area contributed by atoms with E-state index in [1.165, 1.54) is 0 Å². The summed E-state index contributed by atoms with van der Waals surface area (Å²) < 4.78 is 3.46. The minimum absolute atomic E-state index is 0.378. The van der Waals surface area contributed by atoms with E-state index in [0.717, 1.165) is 11.5 Å². The third kappa shape index (κ3) is 2.15. The molecule has 1 N–H and O–H groups in total. The third-order valence-corrected chi connectivity index (χ3v) is 2.90. The SMILES string of the molecule is Cn1ccc(NCc2c(Cl)nc(Cl)n2C)n1. The van der Waals surface area contributed by atoms with Gasteiger partial charge in [0.05, 0.1) is 12.2 Å². The monoisotopic (exact) mass is 259 g/mol. The Morgan fingerprint density at radius 3 is 2.62 bits per heavy atom. The molecule has 16 heavy (non-hydrogen) atoms. The van der Waals surface area contributed by atoms with Gasteiger partial charge in [-0.1, -0.05) is 11.6 Å². The lowest BCUT2D eigenvalue weighted by Gasteiger charge is -2.04. The Bertz CT molecular complexity index is 502. The summed E-state index contributed by atoms with van der Waals surface area (Å²) in [6.45, 7) is 0.534. The van der Waals surface area contributed by atoms with Gasteiger partial charge in [-0.15, -0.1) is 0 Å². The molecule has 2 aromatic rings. The molecule has 0 spiro atoms. The van der Waals surface area contributed by atoms with Crippen molar-refractivity contribution in [3.8, 4) is 0 Å². The first kappa shape index (κ1) is 11.3. The number of aryl methyl sites for hydroxylation is 1. The molecular formula is C9H11Cl2N5. The second kappa shape index (κ2) is 4.35. The summed E-state index contributed by atoms with van der Waals surface area (Å²) >= 11 is 11.8. The van der Waals surface area contributed by atoms with Gasteiger partial charge in [0, 0.05) is 26.4 Å². The summed E-state index contributed by atoms with van der Waals surface area (Å²) in [5.74, 6) is 0.788. The number of nitrogens with zero attached hydrogens (tertiary/aromatic N) is 4. The van der Waals surface area contributed by atoms with E-state index in [1.54, 1.807) is 9.25 Å². The fourth-order valence-corrected chi connectivity index (χ4v) is 1.85. The van der Waals surface area contributed by atoms with Crippen molar-refractivity contribution in [1.82, 2.24) is 19.3 Å². The van der Waals surface area contributed by atoms with Crippen LogP contribution in [0.1, 0.15) is 5.69 Å². The van der Waals surface area contributed by atoms with Crippen LogP contribution in [0.25, 0.3) is 0 Å². The van der Waals surface area contributed by atoms with E-state index >= 15 is 0 Å². The first-order valence-electron chi connectivity index (χ1n) is 4.68. The maximum atomic E-state index is 5.94. The van der Waals surface area contributed by atoms with E-state index in [0.29, 0.717) is 17.0 Å². The molecule has 2 heterocycles. The number of imidazole rings is 1. The molecule has 0 atom stereocenters. The van der Waals surface area contributed by atoms with Crippen LogP contribution in [-0.4, -0.2) is 19.3 Å². The van der Waals surface area contributed by atoms with Gasteiger partial charge in [0.1, 0.15) is 5.82 Å². The highest BCUT2D eigenvalue weighted by molar-refractivity contribution is 6.32. The van der Waals surface area contributed by atoms with Crippen LogP contribution in [0.4, 0.5) is 5.82 Å². The standard InChI is InChI=1S/C9H11Cl2N5/c1-15-4-3-7(14-15)12-5-6-8(10)13-9(11)16(6)2/h3-4H,5H2,1-2H3,(H,12,14). The number of anilines is 1. The molecule has 0 aromatic carbocycles. The fraction of sp³-hybridized carbons (Fsp3) is 0.333. The molecule has 0 saturated carbocycles. The summed E-state index contributed by atoms with van der Waals surface area (Å²) in [7, 11) is 3.68. The van der Waals surface area contributed by atoms with E-state index in [4.69, 9.17) is 23.2 Å². The van der Waals surface area contributed by atoms with Crippen LogP contribution in [0.5, 0.6) is 0 Å². The van der Waals surface area contributed by atoms with Gasteiger partial charge < -0.3 is 9.88 Å². The number of rotatable bonds is 3. The molecule has 0 unspecified atom stereocenters. The minimum Gasteiger partial charge on any atom is -0.363 e. The number of hydrogen-bond acceptors (Lipinski definition) is 3. The molecule has 86 valence electrons. The number of hydrogen-bond donors (Lipinski definition) is 1. The summed E-state index contributed by atoms with van der Waals surface area (Å²) in [5, 5.41) is 8.12. The highest BCUT2D eigenvalue weighted by Gasteiger charge is 2.11. The third-order valence-electron chi connectivity index (χ3n) is 2.26. The van der Waals surface area contributed by atoms with Crippen LogP contribution in [0.3, 0.4) is 0 Å². The van der Waals surface area contributed by atoms with Crippen molar-refractivity contribution < 1.29 is 0 Å². The zero-order valence-corrected chi connectivity index (χ0v) is 10.4. The van der Waals surface area contributed by atoms with Crippen molar-refractivity contribution in [3.05, 3.63) is 28.4 Å². The van der Waals surface area contributed by atoms with Crippen molar-refractivity contribution in [2.75, 3.05) is 5.32 Å². The lowest BCUT2D eigenvalue weighted by atomic mass is 10.4. The van der Waals surface area contributed by atoms with Crippen LogP contribution >= 0.6 is 23.2 Å². The predicted molar refractivity (Wildman–Crippen MR) is 63.8 cm³/mol. The largest absolute Gasteiger partial charge is 0.363 e. The van der Waals surface area contributed by atoms with Crippen LogP contribution in [0.2, 0.25) is 10.4 Å². The number of aromatic nitrogens is 4. The molecule has 2 aromatic heterocycles. The van der Waals surface area contributed by atoms with Gasteiger partial charge in [-0.05, 0) is 11.6 Å². The average molecular weight is 260 g/mol. The van der Waals surface area contributed by atoms with Crippen molar-refractivity contribution in [2.45, 2.75) is 6.54 Å². The van der Waals surface area contributed by atoms with Gasteiger partial charge in [0.15, 0.2) is 5.15 Å². The van der Waals surface area contributed by atoms with Gasteiger partial charge in [-0.2, -0.15) is 5.10 Å². The van der Waals surface area contributed by atoms with E-state index < -0.39 is 0 Å². The Kier molecular flexibility index (Phi) is 3.07. The molecule has 2 rings (SSSR count). The van der Waals surface area contributed by atoms with Gasteiger partial charge in [-0.3, -0.25) is 4.68 Å². The molecule has 0 fully saturated rings. The smallest absolute Gasteiger partial charge is 0.204 e. The van der Waals surface area contributed by atoms with Crippen molar-refractivity contribution in [2.24, 2.45) is 14.1 Å². The van der Waals surface area contributed by atoms with Gasteiger partial charge in [-0.25, -0.2) is 4.98 Å². The lowest BCUT2D eigenvalue weighted by Crippen LogP contribution is -2.05. The zero-order chi connectivity index (χ0) is 11.7. The molecule has 0 bridgehead atoms. The van der Waals surface area contributed by atoms with Crippen LogP contribution in [-0.2, 0) is 20.6 Å². The Balaban J connectivity index is 2.10. The van der Waals surface area contributed by atoms with Gasteiger partial charge in [0.2, 0.25) is 5.28 Å². The molecular weight excluding hydrogens is 249 g/mol. The Morgan fingerprint density at radius 2 is 2.12 bits per heavy atom. The quantitative estimate of drug-likeness (QED) is 0.919. The van der Waals surface area contributed by atoms with E-state index in [1.807, 2.05) is 26.4 Å². The van der Waals surface area contributed by atoms with Crippen molar-refractivity contribution >= 4 is 29.0 Å². The maximum Gasteiger partial charge on any atom is 0.204 e. The molecule has 0 aliphatic rings. The van der Waals surface area contributed by atoms with E-state index in [-0.39, 0.29) is 0 Å². The topological polar surface area (TPSA) is 47.7 Å². The molecule has 0 radical (unpaired) electrons. The number of halogens is 2. The summed E-state index contributed by atoms with van der Waals surface area (Å²) in [4.78, 5) is 3.96. The second-order valence-corrected chi connectivity index (χ2v) is 4.10. The predicted octanol–water partition coefficient (Wildman–Crippen LogP) is 2.07.